The van der Waals surface area contributed by atoms with E-state index in [9.17, 15) is 14.9 Å². The number of nitrogens with zero attached hydrogens (tertiary/aromatic N) is 2. The average molecular weight is 314 g/mol. The van der Waals surface area contributed by atoms with Gasteiger partial charge in [-0.05, 0) is 26.8 Å². The fraction of sp³-hybridized carbons (Fsp3) is 0.615. The Morgan fingerprint density at radius 1 is 1.52 bits per heavy atom. The predicted octanol–water partition coefficient (Wildman–Crippen LogP) is 2.96. The van der Waals surface area contributed by atoms with Crippen LogP contribution in [0, 0.1) is 10.1 Å². The maximum Gasteiger partial charge on any atom is 0.410 e. The van der Waals surface area contributed by atoms with Gasteiger partial charge >= 0.3 is 11.1 Å². The monoisotopic (exact) mass is 314 g/mol. The Balaban J connectivity index is 2.03. The van der Waals surface area contributed by atoms with Gasteiger partial charge in [-0.2, -0.15) is 0 Å². The number of hydrogen-bond acceptors (Lipinski definition) is 6. The largest absolute Gasteiger partial charge is 0.444 e. The maximum atomic E-state index is 12.0. The second-order valence-corrected chi connectivity index (χ2v) is 6.81. The van der Waals surface area contributed by atoms with Crippen LogP contribution in [0.5, 0.6) is 0 Å². The molecule has 0 N–H and O–H groups in total. The SMILES string of the molecule is CC(C)(C)OC(=O)N1CCOC(c2ccc([N+](=O)[O-])s2)C1. The molecule has 8 heteroatoms. The highest BCUT2D eigenvalue weighted by Gasteiger charge is 2.30. The summed E-state index contributed by atoms with van der Waals surface area (Å²) in [6.07, 6.45) is -0.730. The molecule has 2 rings (SSSR count). The smallest absolute Gasteiger partial charge is 0.410 e. The van der Waals surface area contributed by atoms with Crippen molar-refractivity contribution in [2.75, 3.05) is 19.7 Å². The number of ether oxygens (including phenoxy) is 2. The van der Waals surface area contributed by atoms with Crippen molar-refractivity contribution >= 4 is 22.4 Å². The number of amides is 1. The molecule has 0 bridgehead atoms. The molecule has 1 saturated heterocycles. The van der Waals surface area contributed by atoms with Crippen LogP contribution >= 0.6 is 11.3 Å². The van der Waals surface area contributed by atoms with Crippen molar-refractivity contribution in [2.24, 2.45) is 0 Å². The molecule has 1 amide bonds. The molecular formula is C13H18N2O5S. The number of morpholine rings is 1. The minimum atomic E-state index is -0.549. The van der Waals surface area contributed by atoms with Crippen molar-refractivity contribution in [3.05, 3.63) is 27.1 Å². The normalized spacial score (nSPS) is 19.4. The fourth-order valence-corrected chi connectivity index (χ4v) is 2.79. The van der Waals surface area contributed by atoms with Crippen molar-refractivity contribution in [2.45, 2.75) is 32.5 Å². The first kappa shape index (κ1) is 15.7. The van der Waals surface area contributed by atoms with E-state index in [1.165, 1.54) is 6.07 Å². The van der Waals surface area contributed by atoms with Crippen LogP contribution in [0.1, 0.15) is 31.8 Å². The van der Waals surface area contributed by atoms with Crippen molar-refractivity contribution in [3.8, 4) is 0 Å². The van der Waals surface area contributed by atoms with E-state index in [1.54, 1.807) is 11.0 Å². The molecule has 7 nitrogen and oxygen atoms in total. The summed E-state index contributed by atoms with van der Waals surface area (Å²) in [6, 6.07) is 3.13. The molecule has 0 aliphatic carbocycles. The maximum absolute atomic E-state index is 12.0. The molecule has 1 fully saturated rings. The quantitative estimate of drug-likeness (QED) is 0.619. The van der Waals surface area contributed by atoms with E-state index >= 15 is 0 Å². The Morgan fingerprint density at radius 3 is 2.81 bits per heavy atom. The Morgan fingerprint density at radius 2 is 2.24 bits per heavy atom. The van der Waals surface area contributed by atoms with Crippen LogP contribution in [0.4, 0.5) is 9.80 Å². The second kappa shape index (κ2) is 5.98. The first-order valence-electron chi connectivity index (χ1n) is 6.60. The van der Waals surface area contributed by atoms with Crippen LogP contribution in [-0.4, -0.2) is 41.2 Å². The summed E-state index contributed by atoms with van der Waals surface area (Å²) < 4.78 is 10.9. The van der Waals surface area contributed by atoms with Crippen molar-refractivity contribution < 1.29 is 19.2 Å². The predicted molar refractivity (Wildman–Crippen MR) is 77.5 cm³/mol. The molecule has 1 aliphatic rings. The van der Waals surface area contributed by atoms with Gasteiger partial charge in [0.05, 0.1) is 18.1 Å². The molecule has 1 aliphatic heterocycles. The molecule has 0 aromatic carbocycles. The zero-order valence-electron chi connectivity index (χ0n) is 12.2. The Bertz CT molecular complexity index is 537. The summed E-state index contributed by atoms with van der Waals surface area (Å²) in [5.74, 6) is 0. The molecule has 116 valence electrons. The molecule has 1 aromatic rings. The van der Waals surface area contributed by atoms with Gasteiger partial charge in [-0.25, -0.2) is 4.79 Å². The van der Waals surface area contributed by atoms with E-state index in [4.69, 9.17) is 9.47 Å². The lowest BCUT2D eigenvalue weighted by molar-refractivity contribution is -0.380. The van der Waals surface area contributed by atoms with Gasteiger partial charge in [-0.1, -0.05) is 11.3 Å². The molecule has 0 saturated carbocycles. The van der Waals surface area contributed by atoms with E-state index < -0.39 is 10.5 Å². The minimum Gasteiger partial charge on any atom is -0.444 e. The van der Waals surface area contributed by atoms with E-state index in [1.807, 2.05) is 20.8 Å². The van der Waals surface area contributed by atoms with Gasteiger partial charge in [0.25, 0.3) is 0 Å². The first-order chi connectivity index (χ1) is 9.76. The molecule has 21 heavy (non-hydrogen) atoms. The third-order valence-corrected chi connectivity index (χ3v) is 3.96. The van der Waals surface area contributed by atoms with Gasteiger partial charge in [-0.15, -0.1) is 0 Å². The van der Waals surface area contributed by atoms with Gasteiger partial charge in [0.15, 0.2) is 0 Å². The summed E-state index contributed by atoms with van der Waals surface area (Å²) in [5.41, 5.74) is -0.549. The van der Waals surface area contributed by atoms with Gasteiger partial charge in [-0.3, -0.25) is 10.1 Å². The number of rotatable bonds is 2. The van der Waals surface area contributed by atoms with Crippen molar-refractivity contribution in [3.63, 3.8) is 0 Å². The summed E-state index contributed by atoms with van der Waals surface area (Å²) in [7, 11) is 0. The van der Waals surface area contributed by atoms with Crippen LogP contribution in [-0.2, 0) is 9.47 Å². The number of carbonyl (C=O) groups excluding carboxylic acids is 1. The number of hydrogen-bond donors (Lipinski definition) is 0. The van der Waals surface area contributed by atoms with E-state index in [2.05, 4.69) is 0 Å². The Hall–Kier alpha value is -1.67. The lowest BCUT2D eigenvalue weighted by Crippen LogP contribution is -2.44. The topological polar surface area (TPSA) is 81.9 Å². The molecule has 1 unspecified atom stereocenters. The average Bonchev–Trinajstić information content (AvgIpc) is 2.86. The Labute approximate surface area is 126 Å². The summed E-state index contributed by atoms with van der Waals surface area (Å²) in [5, 5.41) is 10.8. The van der Waals surface area contributed by atoms with Crippen LogP contribution < -0.4 is 0 Å². The molecule has 2 heterocycles. The Kier molecular flexibility index (Phi) is 4.48. The molecular weight excluding hydrogens is 296 g/mol. The second-order valence-electron chi connectivity index (χ2n) is 5.72. The lowest BCUT2D eigenvalue weighted by atomic mass is 10.2. The van der Waals surface area contributed by atoms with Crippen molar-refractivity contribution in [1.29, 1.82) is 0 Å². The highest BCUT2D eigenvalue weighted by molar-refractivity contribution is 7.15. The lowest BCUT2D eigenvalue weighted by Gasteiger charge is -2.33. The standard InChI is InChI=1S/C13H18N2O5S/c1-13(2,3)20-12(16)14-6-7-19-9(8-14)10-4-5-11(21-10)15(17)18/h4-5,9H,6-8H2,1-3H3. The molecule has 1 atom stereocenters. The fourth-order valence-electron chi connectivity index (χ4n) is 1.93. The number of carbonyl (C=O) groups is 1. The third-order valence-electron chi connectivity index (χ3n) is 2.83. The van der Waals surface area contributed by atoms with Crippen LogP contribution in [0.2, 0.25) is 0 Å². The first-order valence-corrected chi connectivity index (χ1v) is 7.41. The third kappa shape index (κ3) is 4.15. The van der Waals surface area contributed by atoms with Crippen molar-refractivity contribution in [1.82, 2.24) is 4.90 Å². The highest BCUT2D eigenvalue weighted by atomic mass is 32.1. The van der Waals surface area contributed by atoms with Crippen LogP contribution in [0.15, 0.2) is 12.1 Å². The van der Waals surface area contributed by atoms with Crippen LogP contribution in [0.3, 0.4) is 0 Å². The zero-order valence-corrected chi connectivity index (χ0v) is 13.0. The summed E-state index contributed by atoms with van der Waals surface area (Å²) in [6.45, 7) is 6.61. The number of thiophene rings is 1. The minimum absolute atomic E-state index is 0.0722. The van der Waals surface area contributed by atoms with Gasteiger partial charge in [0.1, 0.15) is 11.7 Å². The number of nitro groups is 1. The molecule has 0 spiro atoms. The summed E-state index contributed by atoms with van der Waals surface area (Å²) >= 11 is 1.07. The van der Waals surface area contributed by atoms with Gasteiger partial charge in [0.2, 0.25) is 0 Å². The van der Waals surface area contributed by atoms with E-state index in [0.29, 0.717) is 19.7 Å². The molecule has 1 aromatic heterocycles. The van der Waals surface area contributed by atoms with E-state index in [-0.39, 0.29) is 17.2 Å². The highest BCUT2D eigenvalue weighted by Crippen LogP contribution is 2.32. The van der Waals surface area contributed by atoms with Crippen LogP contribution in [0.25, 0.3) is 0 Å². The van der Waals surface area contributed by atoms with Gasteiger partial charge in [0, 0.05) is 17.5 Å². The van der Waals surface area contributed by atoms with E-state index in [0.717, 1.165) is 16.2 Å². The zero-order chi connectivity index (χ0) is 15.6. The molecule has 0 radical (unpaired) electrons. The van der Waals surface area contributed by atoms with Gasteiger partial charge < -0.3 is 14.4 Å². The summed E-state index contributed by atoms with van der Waals surface area (Å²) in [4.78, 5) is 24.7.